The Hall–Kier alpha value is -4.34. The number of nitrogens with zero attached hydrogens (tertiary/aromatic N) is 1. The number of amides is 1. The lowest BCUT2D eigenvalue weighted by atomic mass is 10.2. The third-order valence-corrected chi connectivity index (χ3v) is 4.96. The SMILES string of the molecule is C[C@@H](COc1ccc(CNC(=O)c2cccnc2Oc2ccc3c(c2)OCO3)c(F)c1)C(=O)O. The maximum Gasteiger partial charge on any atom is 0.309 e. The van der Waals surface area contributed by atoms with Gasteiger partial charge in [-0.05, 0) is 37.3 Å². The molecule has 0 fully saturated rings. The van der Waals surface area contributed by atoms with Crippen molar-refractivity contribution in [2.75, 3.05) is 13.4 Å². The number of aromatic nitrogens is 1. The van der Waals surface area contributed by atoms with Crippen LogP contribution in [0.25, 0.3) is 0 Å². The first-order valence-electron chi connectivity index (χ1n) is 10.4. The van der Waals surface area contributed by atoms with E-state index in [2.05, 4.69) is 10.3 Å². The number of carboxylic acid groups (broad SMARTS) is 1. The zero-order chi connectivity index (χ0) is 24.1. The van der Waals surface area contributed by atoms with Crippen LogP contribution in [-0.2, 0) is 11.3 Å². The molecule has 0 unspecified atom stereocenters. The van der Waals surface area contributed by atoms with Crippen LogP contribution < -0.4 is 24.3 Å². The summed E-state index contributed by atoms with van der Waals surface area (Å²) in [6, 6.07) is 12.2. The van der Waals surface area contributed by atoms with E-state index in [1.54, 1.807) is 30.3 Å². The first-order chi connectivity index (χ1) is 16.4. The Bertz CT molecular complexity index is 1220. The Morgan fingerprint density at radius 3 is 2.74 bits per heavy atom. The molecular formula is C24H21FN2O7. The van der Waals surface area contributed by atoms with Crippen molar-refractivity contribution in [2.45, 2.75) is 13.5 Å². The van der Waals surface area contributed by atoms with Crippen molar-refractivity contribution in [3.63, 3.8) is 0 Å². The highest BCUT2D eigenvalue weighted by molar-refractivity contribution is 5.96. The molecule has 0 radical (unpaired) electrons. The minimum absolute atomic E-state index is 0.0793. The van der Waals surface area contributed by atoms with Crippen LogP contribution in [0.4, 0.5) is 4.39 Å². The smallest absolute Gasteiger partial charge is 0.309 e. The quantitative estimate of drug-likeness (QED) is 0.488. The van der Waals surface area contributed by atoms with Gasteiger partial charge in [-0.2, -0.15) is 0 Å². The highest BCUT2D eigenvalue weighted by Gasteiger charge is 2.18. The van der Waals surface area contributed by atoms with Gasteiger partial charge in [0.1, 0.15) is 29.5 Å². The van der Waals surface area contributed by atoms with E-state index in [9.17, 15) is 14.0 Å². The Morgan fingerprint density at radius 2 is 1.94 bits per heavy atom. The average Bonchev–Trinajstić information content (AvgIpc) is 3.30. The molecule has 4 rings (SSSR count). The van der Waals surface area contributed by atoms with Crippen molar-refractivity contribution < 1.29 is 38.0 Å². The van der Waals surface area contributed by atoms with Gasteiger partial charge in [-0.25, -0.2) is 9.37 Å². The van der Waals surface area contributed by atoms with Gasteiger partial charge in [0.05, 0.1) is 5.92 Å². The summed E-state index contributed by atoms with van der Waals surface area (Å²) in [5.74, 6) is -1.00. The topological polar surface area (TPSA) is 116 Å². The van der Waals surface area contributed by atoms with Gasteiger partial charge >= 0.3 is 5.97 Å². The van der Waals surface area contributed by atoms with E-state index < -0.39 is 23.6 Å². The molecule has 0 saturated heterocycles. The number of aliphatic carboxylic acids is 1. The second-order valence-electron chi connectivity index (χ2n) is 7.46. The fourth-order valence-electron chi connectivity index (χ4n) is 3.02. The number of rotatable bonds is 9. The third kappa shape index (κ3) is 5.34. The molecule has 1 aliphatic rings. The summed E-state index contributed by atoms with van der Waals surface area (Å²) in [5.41, 5.74) is 0.400. The Balaban J connectivity index is 1.39. The normalized spacial score (nSPS) is 12.6. The molecule has 9 nitrogen and oxygen atoms in total. The van der Waals surface area contributed by atoms with Crippen molar-refractivity contribution in [1.29, 1.82) is 0 Å². The predicted octanol–water partition coefficient (Wildman–Crippen LogP) is 3.77. The summed E-state index contributed by atoms with van der Waals surface area (Å²) in [6.07, 6.45) is 1.49. The van der Waals surface area contributed by atoms with Crippen LogP contribution >= 0.6 is 0 Å². The second kappa shape index (κ2) is 10.1. The molecule has 34 heavy (non-hydrogen) atoms. The molecule has 3 aromatic rings. The largest absolute Gasteiger partial charge is 0.493 e. The van der Waals surface area contributed by atoms with E-state index >= 15 is 0 Å². The number of halogens is 1. The molecule has 1 amide bonds. The summed E-state index contributed by atoms with van der Waals surface area (Å²) in [4.78, 5) is 27.7. The van der Waals surface area contributed by atoms with Gasteiger partial charge in [0.15, 0.2) is 11.5 Å². The highest BCUT2D eigenvalue weighted by Crippen LogP contribution is 2.36. The molecule has 0 spiro atoms. The lowest BCUT2D eigenvalue weighted by Crippen LogP contribution is -2.24. The van der Waals surface area contributed by atoms with Crippen LogP contribution in [-0.4, -0.2) is 35.4 Å². The number of carbonyl (C=O) groups excluding carboxylic acids is 1. The van der Waals surface area contributed by atoms with Crippen LogP contribution in [0.3, 0.4) is 0 Å². The van der Waals surface area contributed by atoms with Crippen LogP contribution in [0.2, 0.25) is 0 Å². The molecule has 1 aliphatic heterocycles. The first kappa shape index (κ1) is 22.8. The van der Waals surface area contributed by atoms with Gasteiger partial charge in [-0.1, -0.05) is 6.07 Å². The van der Waals surface area contributed by atoms with Gasteiger partial charge < -0.3 is 29.4 Å². The molecule has 1 atom stereocenters. The lowest BCUT2D eigenvalue weighted by Gasteiger charge is -2.12. The van der Waals surface area contributed by atoms with E-state index in [-0.39, 0.29) is 42.7 Å². The molecule has 1 aromatic heterocycles. The zero-order valence-corrected chi connectivity index (χ0v) is 18.1. The number of carbonyl (C=O) groups is 2. The first-order valence-corrected chi connectivity index (χ1v) is 10.4. The molecule has 0 bridgehead atoms. The third-order valence-electron chi connectivity index (χ3n) is 4.96. The number of pyridine rings is 1. The predicted molar refractivity (Wildman–Crippen MR) is 117 cm³/mol. The van der Waals surface area contributed by atoms with Gasteiger partial charge in [-0.3, -0.25) is 9.59 Å². The van der Waals surface area contributed by atoms with Crippen molar-refractivity contribution in [1.82, 2.24) is 10.3 Å². The maximum atomic E-state index is 14.5. The lowest BCUT2D eigenvalue weighted by molar-refractivity contribution is -0.142. The van der Waals surface area contributed by atoms with Gasteiger partial charge in [0.25, 0.3) is 5.91 Å². The molecule has 2 aromatic carbocycles. The minimum atomic E-state index is -1.00. The number of ether oxygens (including phenoxy) is 4. The molecule has 2 heterocycles. The Labute approximate surface area is 194 Å². The van der Waals surface area contributed by atoms with Crippen LogP contribution in [0, 0.1) is 11.7 Å². The molecule has 0 aliphatic carbocycles. The monoisotopic (exact) mass is 468 g/mol. The number of carboxylic acids is 1. The number of hydrogen-bond donors (Lipinski definition) is 2. The fourth-order valence-corrected chi connectivity index (χ4v) is 3.02. The Kier molecular flexibility index (Phi) is 6.77. The number of fused-ring (bicyclic) bond motifs is 1. The molecular weight excluding hydrogens is 447 g/mol. The summed E-state index contributed by atoms with van der Waals surface area (Å²) < 4.78 is 36.1. The highest BCUT2D eigenvalue weighted by atomic mass is 19.1. The molecule has 0 saturated carbocycles. The summed E-state index contributed by atoms with van der Waals surface area (Å²) >= 11 is 0. The Morgan fingerprint density at radius 1 is 1.15 bits per heavy atom. The zero-order valence-electron chi connectivity index (χ0n) is 18.1. The van der Waals surface area contributed by atoms with E-state index in [1.807, 2.05) is 0 Å². The van der Waals surface area contributed by atoms with Crippen LogP contribution in [0.1, 0.15) is 22.8 Å². The second-order valence-corrected chi connectivity index (χ2v) is 7.46. The number of benzene rings is 2. The van der Waals surface area contributed by atoms with Gasteiger partial charge in [-0.15, -0.1) is 0 Å². The van der Waals surface area contributed by atoms with Crippen molar-refractivity contribution in [3.8, 4) is 28.9 Å². The van der Waals surface area contributed by atoms with Crippen LogP contribution in [0.5, 0.6) is 28.9 Å². The van der Waals surface area contributed by atoms with Crippen LogP contribution in [0.15, 0.2) is 54.7 Å². The summed E-state index contributed by atoms with van der Waals surface area (Å²) in [6.45, 7) is 1.44. The standard InChI is InChI=1S/C24H21FN2O7/c1-14(24(29)30)12-31-16-5-4-15(19(25)9-16)11-27-22(28)18-3-2-8-26-23(18)34-17-6-7-20-21(10-17)33-13-32-20/h2-10,14H,11-13H2,1H3,(H,27,28)(H,29,30)/t14-/m0/s1. The van der Waals surface area contributed by atoms with E-state index in [0.29, 0.717) is 17.2 Å². The van der Waals surface area contributed by atoms with Gasteiger partial charge in [0, 0.05) is 30.4 Å². The van der Waals surface area contributed by atoms with E-state index in [1.165, 1.54) is 25.3 Å². The fraction of sp³-hybridized carbons (Fsp3) is 0.208. The number of nitrogens with one attached hydrogen (secondary N) is 1. The molecule has 176 valence electrons. The number of hydrogen-bond acceptors (Lipinski definition) is 7. The average molecular weight is 468 g/mol. The summed E-state index contributed by atoms with van der Waals surface area (Å²) in [7, 11) is 0. The van der Waals surface area contributed by atoms with Crippen molar-refractivity contribution in [2.24, 2.45) is 5.92 Å². The molecule has 10 heteroatoms. The van der Waals surface area contributed by atoms with Gasteiger partial charge in [0.2, 0.25) is 12.7 Å². The molecule has 2 N–H and O–H groups in total. The minimum Gasteiger partial charge on any atom is -0.493 e. The van der Waals surface area contributed by atoms with Crippen molar-refractivity contribution >= 4 is 11.9 Å². The maximum absolute atomic E-state index is 14.5. The van der Waals surface area contributed by atoms with Crippen molar-refractivity contribution in [3.05, 3.63) is 71.7 Å². The van der Waals surface area contributed by atoms with E-state index in [4.69, 9.17) is 24.1 Å². The van der Waals surface area contributed by atoms with E-state index in [0.717, 1.165) is 6.07 Å². The summed E-state index contributed by atoms with van der Waals surface area (Å²) in [5, 5.41) is 11.5.